The standard InChI is InChI=1S/C10H15NS.C2H5NO/c1-3-9-5-7-10(8-6-9)12-11-4-2;1-3-2-4/h5-8,11H,3-4H2,1-2H3;2H,1H3,(H,3,4). The van der Waals surface area contributed by atoms with Crippen LogP contribution >= 0.6 is 11.9 Å². The maximum absolute atomic E-state index is 9.06. The molecule has 0 aliphatic rings. The smallest absolute Gasteiger partial charge is 0.206 e. The molecular weight excluding hydrogens is 220 g/mol. The second-order valence-corrected chi connectivity index (χ2v) is 3.97. The average molecular weight is 240 g/mol. The van der Waals surface area contributed by atoms with Crippen LogP contribution in [0.1, 0.15) is 19.4 Å². The van der Waals surface area contributed by atoms with E-state index < -0.39 is 0 Å². The number of amides is 1. The Morgan fingerprint density at radius 1 is 1.25 bits per heavy atom. The van der Waals surface area contributed by atoms with Crippen LogP contribution in [-0.4, -0.2) is 20.0 Å². The largest absolute Gasteiger partial charge is 0.362 e. The van der Waals surface area contributed by atoms with Gasteiger partial charge in [-0.05, 0) is 36.1 Å². The number of carbonyl (C=O) groups is 1. The predicted octanol–water partition coefficient (Wildman–Crippen LogP) is 2.23. The van der Waals surface area contributed by atoms with E-state index in [1.54, 1.807) is 19.0 Å². The van der Waals surface area contributed by atoms with Gasteiger partial charge in [-0.2, -0.15) is 0 Å². The van der Waals surface area contributed by atoms with Crippen LogP contribution in [0.15, 0.2) is 29.2 Å². The molecule has 90 valence electrons. The van der Waals surface area contributed by atoms with Gasteiger partial charge in [0.1, 0.15) is 0 Å². The summed E-state index contributed by atoms with van der Waals surface area (Å²) in [6, 6.07) is 8.68. The van der Waals surface area contributed by atoms with Crippen molar-refractivity contribution in [3.8, 4) is 0 Å². The predicted molar refractivity (Wildman–Crippen MR) is 70.5 cm³/mol. The first-order chi connectivity index (χ1) is 7.78. The van der Waals surface area contributed by atoms with Gasteiger partial charge in [0.25, 0.3) is 0 Å². The molecule has 0 saturated carbocycles. The molecule has 0 aliphatic heterocycles. The molecule has 0 atom stereocenters. The first-order valence-corrected chi connectivity index (χ1v) is 6.19. The van der Waals surface area contributed by atoms with E-state index in [0.29, 0.717) is 6.41 Å². The normalized spacial score (nSPS) is 8.94. The number of hydrogen-bond acceptors (Lipinski definition) is 3. The molecule has 0 aliphatic carbocycles. The molecule has 0 fully saturated rings. The van der Waals surface area contributed by atoms with Crippen LogP contribution in [0.4, 0.5) is 0 Å². The molecule has 1 rings (SSSR count). The topological polar surface area (TPSA) is 41.1 Å². The molecule has 1 aromatic rings. The van der Waals surface area contributed by atoms with E-state index in [1.165, 1.54) is 10.5 Å². The molecule has 4 heteroatoms. The third kappa shape index (κ3) is 7.31. The Kier molecular flexibility index (Phi) is 9.86. The molecule has 0 unspecified atom stereocenters. The number of aryl methyl sites for hydroxylation is 1. The lowest BCUT2D eigenvalue weighted by molar-refractivity contribution is -0.109. The molecule has 0 radical (unpaired) electrons. The SMILES string of the molecule is CCNSc1ccc(CC)cc1.CNC=O. The van der Waals surface area contributed by atoms with Crippen LogP contribution in [0.5, 0.6) is 0 Å². The van der Waals surface area contributed by atoms with Gasteiger partial charge in [0.05, 0.1) is 0 Å². The van der Waals surface area contributed by atoms with Gasteiger partial charge in [0, 0.05) is 18.5 Å². The summed E-state index contributed by atoms with van der Waals surface area (Å²) >= 11 is 1.69. The summed E-state index contributed by atoms with van der Waals surface area (Å²) < 4.78 is 3.22. The number of nitrogens with one attached hydrogen (secondary N) is 2. The number of benzene rings is 1. The Bertz CT molecular complexity index is 275. The van der Waals surface area contributed by atoms with Crippen LogP contribution in [0.2, 0.25) is 0 Å². The summed E-state index contributed by atoms with van der Waals surface area (Å²) in [6.07, 6.45) is 1.74. The molecular formula is C12H20N2OS. The van der Waals surface area contributed by atoms with Crippen LogP contribution in [0.3, 0.4) is 0 Å². The minimum Gasteiger partial charge on any atom is -0.362 e. The molecule has 2 N–H and O–H groups in total. The number of hydrogen-bond donors (Lipinski definition) is 2. The second-order valence-electron chi connectivity index (χ2n) is 3.00. The lowest BCUT2D eigenvalue weighted by Crippen LogP contribution is -1.99. The van der Waals surface area contributed by atoms with E-state index >= 15 is 0 Å². The van der Waals surface area contributed by atoms with E-state index in [2.05, 4.69) is 48.2 Å². The highest BCUT2D eigenvalue weighted by atomic mass is 32.2. The fourth-order valence-corrected chi connectivity index (χ4v) is 1.53. The van der Waals surface area contributed by atoms with E-state index in [-0.39, 0.29) is 0 Å². The highest BCUT2D eigenvalue weighted by Crippen LogP contribution is 2.14. The van der Waals surface area contributed by atoms with Gasteiger partial charge < -0.3 is 5.32 Å². The molecule has 3 nitrogen and oxygen atoms in total. The van der Waals surface area contributed by atoms with Crippen LogP contribution in [-0.2, 0) is 11.2 Å². The fourth-order valence-electron chi connectivity index (χ4n) is 0.949. The van der Waals surface area contributed by atoms with E-state index in [0.717, 1.165) is 13.0 Å². The van der Waals surface area contributed by atoms with Gasteiger partial charge in [-0.25, -0.2) is 0 Å². The van der Waals surface area contributed by atoms with Gasteiger partial charge in [-0.1, -0.05) is 26.0 Å². The van der Waals surface area contributed by atoms with Crippen molar-refractivity contribution in [3.05, 3.63) is 29.8 Å². The molecule has 0 heterocycles. The maximum Gasteiger partial charge on any atom is 0.206 e. The van der Waals surface area contributed by atoms with E-state index in [1.807, 2.05) is 0 Å². The zero-order valence-electron chi connectivity index (χ0n) is 10.1. The highest BCUT2D eigenvalue weighted by Gasteiger charge is 1.92. The van der Waals surface area contributed by atoms with E-state index in [4.69, 9.17) is 4.79 Å². The summed E-state index contributed by atoms with van der Waals surface area (Å²) in [5.41, 5.74) is 1.40. The second kappa shape index (κ2) is 10.5. The quantitative estimate of drug-likeness (QED) is 0.612. The Hall–Kier alpha value is -1.00. The highest BCUT2D eigenvalue weighted by molar-refractivity contribution is 7.97. The van der Waals surface area contributed by atoms with Crippen molar-refractivity contribution in [2.75, 3.05) is 13.6 Å². The molecule has 0 aromatic heterocycles. The maximum atomic E-state index is 9.06. The minimum atomic E-state index is 0.625. The van der Waals surface area contributed by atoms with Crippen molar-refractivity contribution in [2.24, 2.45) is 0 Å². The lowest BCUT2D eigenvalue weighted by Gasteiger charge is -2.01. The summed E-state index contributed by atoms with van der Waals surface area (Å²) in [6.45, 7) is 5.28. The Labute approximate surface area is 102 Å². The van der Waals surface area contributed by atoms with Crippen LogP contribution < -0.4 is 10.0 Å². The van der Waals surface area contributed by atoms with Crippen molar-refractivity contribution in [1.29, 1.82) is 0 Å². The Balaban J connectivity index is 0.000000487. The van der Waals surface area contributed by atoms with Crippen molar-refractivity contribution in [1.82, 2.24) is 10.0 Å². The van der Waals surface area contributed by atoms with Gasteiger partial charge in [-0.15, -0.1) is 0 Å². The summed E-state index contributed by atoms with van der Waals surface area (Å²) in [4.78, 5) is 10.3. The zero-order chi connectivity index (χ0) is 12.2. The fraction of sp³-hybridized carbons (Fsp3) is 0.417. The molecule has 1 amide bonds. The molecule has 16 heavy (non-hydrogen) atoms. The van der Waals surface area contributed by atoms with Gasteiger partial charge in [-0.3, -0.25) is 9.52 Å². The molecule has 1 aromatic carbocycles. The van der Waals surface area contributed by atoms with Crippen LogP contribution in [0.25, 0.3) is 0 Å². The summed E-state index contributed by atoms with van der Waals surface area (Å²) in [7, 11) is 1.56. The monoisotopic (exact) mass is 240 g/mol. The Morgan fingerprint density at radius 3 is 2.19 bits per heavy atom. The van der Waals surface area contributed by atoms with Crippen LogP contribution in [0, 0.1) is 0 Å². The molecule has 0 saturated heterocycles. The summed E-state index contributed by atoms with van der Waals surface area (Å²) in [5.74, 6) is 0. The zero-order valence-corrected chi connectivity index (χ0v) is 10.9. The van der Waals surface area contributed by atoms with Gasteiger partial charge >= 0.3 is 0 Å². The number of rotatable bonds is 5. The minimum absolute atomic E-state index is 0.625. The third-order valence-electron chi connectivity index (χ3n) is 1.78. The Morgan fingerprint density at radius 2 is 1.81 bits per heavy atom. The van der Waals surface area contributed by atoms with Crippen molar-refractivity contribution < 1.29 is 4.79 Å². The van der Waals surface area contributed by atoms with Crippen molar-refractivity contribution >= 4 is 18.4 Å². The summed E-state index contributed by atoms with van der Waals surface area (Å²) in [5, 5.41) is 2.25. The van der Waals surface area contributed by atoms with Crippen molar-refractivity contribution in [2.45, 2.75) is 25.2 Å². The van der Waals surface area contributed by atoms with Gasteiger partial charge in [0.2, 0.25) is 6.41 Å². The first kappa shape index (κ1) is 15.0. The third-order valence-corrected chi connectivity index (χ3v) is 2.72. The molecule has 0 spiro atoms. The lowest BCUT2D eigenvalue weighted by atomic mass is 10.2. The first-order valence-electron chi connectivity index (χ1n) is 5.38. The average Bonchev–Trinajstić information content (AvgIpc) is 2.37. The van der Waals surface area contributed by atoms with E-state index in [9.17, 15) is 0 Å². The van der Waals surface area contributed by atoms with Crippen molar-refractivity contribution in [3.63, 3.8) is 0 Å². The van der Waals surface area contributed by atoms with Gasteiger partial charge in [0.15, 0.2) is 0 Å². The number of carbonyl (C=O) groups excluding carboxylic acids is 1. The molecule has 0 bridgehead atoms.